The minimum Gasteiger partial charge on any atom is -0.268 e. The van der Waals surface area contributed by atoms with Crippen LogP contribution in [0.4, 0.5) is 0 Å². The Labute approximate surface area is 129 Å². The third-order valence-corrected chi connectivity index (χ3v) is 3.86. The second kappa shape index (κ2) is 5.30. The zero-order valence-electron chi connectivity index (χ0n) is 12.3. The molecule has 0 aliphatic heterocycles. The van der Waals surface area contributed by atoms with Crippen LogP contribution in [0.3, 0.4) is 0 Å². The van der Waals surface area contributed by atoms with Crippen molar-refractivity contribution < 1.29 is 0 Å². The second-order valence-corrected chi connectivity index (χ2v) is 5.68. The maximum atomic E-state index is 5.41. The molecular formula is C17H17N3S. The van der Waals surface area contributed by atoms with Gasteiger partial charge in [-0.1, -0.05) is 35.9 Å². The molecule has 2 aromatic carbocycles. The summed E-state index contributed by atoms with van der Waals surface area (Å²) >= 11 is 5.41. The highest BCUT2D eigenvalue weighted by Gasteiger charge is 2.15. The molecule has 21 heavy (non-hydrogen) atoms. The van der Waals surface area contributed by atoms with E-state index in [0.717, 1.165) is 17.1 Å². The van der Waals surface area contributed by atoms with Crippen LogP contribution in [0, 0.1) is 25.5 Å². The van der Waals surface area contributed by atoms with Gasteiger partial charge in [0.25, 0.3) is 0 Å². The van der Waals surface area contributed by atoms with Crippen LogP contribution in [0.15, 0.2) is 42.5 Å². The molecule has 0 spiro atoms. The lowest BCUT2D eigenvalue weighted by molar-refractivity contribution is 1.03. The van der Waals surface area contributed by atoms with Gasteiger partial charge in [0, 0.05) is 11.3 Å². The first kappa shape index (κ1) is 13.8. The van der Waals surface area contributed by atoms with Crippen molar-refractivity contribution in [3.8, 4) is 17.1 Å². The number of nitrogens with one attached hydrogen (secondary N) is 1. The highest BCUT2D eigenvalue weighted by molar-refractivity contribution is 7.71. The third-order valence-electron chi connectivity index (χ3n) is 3.59. The van der Waals surface area contributed by atoms with Crippen LogP contribution >= 0.6 is 12.2 Å². The van der Waals surface area contributed by atoms with Crippen molar-refractivity contribution in [3.05, 3.63) is 63.9 Å². The van der Waals surface area contributed by atoms with E-state index in [1.165, 1.54) is 16.7 Å². The molecule has 0 aliphatic rings. The standard InChI is InChI=1S/C17H17N3S/c1-11-9-12(2)15(13(3)10-11)16-18-19-17(21)20(16)14-7-5-4-6-8-14/h4-10H,1-3H3,(H,19,21). The monoisotopic (exact) mass is 295 g/mol. The Bertz CT molecular complexity index is 821. The number of hydrogen-bond acceptors (Lipinski definition) is 2. The van der Waals surface area contributed by atoms with Crippen LogP contribution in [0.2, 0.25) is 0 Å². The number of benzene rings is 2. The topological polar surface area (TPSA) is 33.6 Å². The van der Waals surface area contributed by atoms with E-state index in [1.54, 1.807) is 0 Å². The third kappa shape index (κ3) is 2.43. The van der Waals surface area contributed by atoms with E-state index in [9.17, 15) is 0 Å². The number of hydrogen-bond donors (Lipinski definition) is 1. The first-order valence-electron chi connectivity index (χ1n) is 6.89. The van der Waals surface area contributed by atoms with Crippen molar-refractivity contribution in [1.29, 1.82) is 0 Å². The summed E-state index contributed by atoms with van der Waals surface area (Å²) < 4.78 is 2.59. The zero-order chi connectivity index (χ0) is 15.0. The summed E-state index contributed by atoms with van der Waals surface area (Å²) in [5, 5.41) is 7.38. The van der Waals surface area contributed by atoms with Crippen molar-refractivity contribution in [2.24, 2.45) is 0 Å². The molecule has 0 unspecified atom stereocenters. The van der Waals surface area contributed by atoms with E-state index in [0.29, 0.717) is 4.77 Å². The Hall–Kier alpha value is -2.20. The SMILES string of the molecule is Cc1cc(C)c(-c2n[nH]c(=S)n2-c2ccccc2)c(C)c1. The Morgan fingerprint density at radius 2 is 1.62 bits per heavy atom. The van der Waals surface area contributed by atoms with E-state index in [-0.39, 0.29) is 0 Å². The van der Waals surface area contributed by atoms with Crippen LogP contribution in [0.1, 0.15) is 16.7 Å². The molecule has 4 heteroatoms. The molecule has 1 heterocycles. The number of aromatic amines is 1. The predicted molar refractivity (Wildman–Crippen MR) is 88.4 cm³/mol. The minimum atomic E-state index is 0.607. The highest BCUT2D eigenvalue weighted by atomic mass is 32.1. The molecule has 1 N–H and O–H groups in total. The van der Waals surface area contributed by atoms with Gasteiger partial charge in [-0.05, 0) is 56.2 Å². The predicted octanol–water partition coefficient (Wildman–Crippen LogP) is 4.52. The molecule has 0 fully saturated rings. The van der Waals surface area contributed by atoms with E-state index in [2.05, 4.69) is 43.1 Å². The lowest BCUT2D eigenvalue weighted by Crippen LogP contribution is -2.00. The highest BCUT2D eigenvalue weighted by Crippen LogP contribution is 2.28. The number of para-hydroxylation sites is 1. The molecule has 3 nitrogen and oxygen atoms in total. The van der Waals surface area contributed by atoms with Crippen molar-refractivity contribution in [2.45, 2.75) is 20.8 Å². The van der Waals surface area contributed by atoms with Gasteiger partial charge < -0.3 is 0 Å². The van der Waals surface area contributed by atoms with Gasteiger partial charge >= 0.3 is 0 Å². The first-order valence-corrected chi connectivity index (χ1v) is 7.30. The molecule has 0 saturated carbocycles. The number of H-pyrrole nitrogens is 1. The molecule has 0 aliphatic carbocycles. The van der Waals surface area contributed by atoms with Gasteiger partial charge in [-0.3, -0.25) is 9.67 Å². The quantitative estimate of drug-likeness (QED) is 0.705. The van der Waals surface area contributed by atoms with Crippen LogP contribution in [0.25, 0.3) is 17.1 Å². The summed E-state index contributed by atoms with van der Waals surface area (Å²) in [5.41, 5.74) is 5.83. The summed E-state index contributed by atoms with van der Waals surface area (Å²) in [4.78, 5) is 0. The second-order valence-electron chi connectivity index (χ2n) is 5.30. The maximum absolute atomic E-state index is 5.41. The maximum Gasteiger partial charge on any atom is 0.200 e. The van der Waals surface area contributed by atoms with Crippen LogP contribution in [0.5, 0.6) is 0 Å². The van der Waals surface area contributed by atoms with Crippen molar-refractivity contribution >= 4 is 12.2 Å². The van der Waals surface area contributed by atoms with Crippen molar-refractivity contribution in [1.82, 2.24) is 14.8 Å². The number of nitrogens with zero attached hydrogens (tertiary/aromatic N) is 2. The molecule has 0 saturated heterocycles. The molecular weight excluding hydrogens is 278 g/mol. The van der Waals surface area contributed by atoms with Gasteiger partial charge in [-0.25, -0.2) is 0 Å². The lowest BCUT2D eigenvalue weighted by Gasteiger charge is -2.12. The number of rotatable bonds is 2. The molecule has 1 aromatic heterocycles. The Morgan fingerprint density at radius 1 is 1.00 bits per heavy atom. The Kier molecular flexibility index (Phi) is 3.47. The molecule has 0 radical (unpaired) electrons. The first-order chi connectivity index (χ1) is 10.1. The van der Waals surface area contributed by atoms with E-state index < -0.39 is 0 Å². The average Bonchev–Trinajstić information content (AvgIpc) is 2.80. The molecule has 106 valence electrons. The summed E-state index contributed by atoms with van der Waals surface area (Å²) in [7, 11) is 0. The van der Waals surface area contributed by atoms with Crippen LogP contribution in [-0.4, -0.2) is 14.8 Å². The Balaban J connectivity index is 2.30. The lowest BCUT2D eigenvalue weighted by atomic mass is 9.99. The van der Waals surface area contributed by atoms with Gasteiger partial charge in [0.2, 0.25) is 0 Å². The van der Waals surface area contributed by atoms with E-state index in [4.69, 9.17) is 12.2 Å². The fourth-order valence-electron chi connectivity index (χ4n) is 2.81. The number of aromatic nitrogens is 3. The van der Waals surface area contributed by atoms with Gasteiger partial charge in [-0.2, -0.15) is 5.10 Å². The average molecular weight is 295 g/mol. The summed E-state index contributed by atoms with van der Waals surface area (Å²) in [6.07, 6.45) is 0. The smallest absolute Gasteiger partial charge is 0.200 e. The normalized spacial score (nSPS) is 10.8. The van der Waals surface area contributed by atoms with Crippen molar-refractivity contribution in [3.63, 3.8) is 0 Å². The summed E-state index contributed by atoms with van der Waals surface area (Å²) in [6.45, 7) is 6.34. The van der Waals surface area contributed by atoms with Gasteiger partial charge in [-0.15, -0.1) is 0 Å². The fourth-order valence-corrected chi connectivity index (χ4v) is 3.05. The largest absolute Gasteiger partial charge is 0.268 e. The van der Waals surface area contributed by atoms with Gasteiger partial charge in [0.1, 0.15) is 0 Å². The van der Waals surface area contributed by atoms with Crippen LogP contribution < -0.4 is 0 Å². The molecule has 3 aromatic rings. The minimum absolute atomic E-state index is 0.607. The van der Waals surface area contributed by atoms with E-state index >= 15 is 0 Å². The van der Waals surface area contributed by atoms with Gasteiger partial charge in [0.05, 0.1) is 0 Å². The van der Waals surface area contributed by atoms with Crippen molar-refractivity contribution in [2.75, 3.05) is 0 Å². The zero-order valence-corrected chi connectivity index (χ0v) is 13.2. The molecule has 0 bridgehead atoms. The van der Waals surface area contributed by atoms with E-state index in [1.807, 2.05) is 34.9 Å². The van der Waals surface area contributed by atoms with Crippen LogP contribution in [-0.2, 0) is 0 Å². The molecule has 3 rings (SSSR count). The summed E-state index contributed by atoms with van der Waals surface area (Å²) in [5.74, 6) is 0.862. The fraction of sp³-hybridized carbons (Fsp3) is 0.176. The molecule has 0 amide bonds. The Morgan fingerprint density at radius 3 is 2.24 bits per heavy atom. The van der Waals surface area contributed by atoms with Gasteiger partial charge in [0.15, 0.2) is 10.6 Å². The number of aryl methyl sites for hydroxylation is 3. The summed E-state index contributed by atoms with van der Waals surface area (Å²) in [6, 6.07) is 14.4. The molecule has 0 atom stereocenters.